The maximum Gasteiger partial charge on any atom is 0.230 e. The molecule has 0 aliphatic carbocycles. The van der Waals surface area contributed by atoms with Crippen LogP contribution in [0.4, 0.5) is 5.13 Å². The van der Waals surface area contributed by atoms with Crippen molar-refractivity contribution in [3.63, 3.8) is 0 Å². The van der Waals surface area contributed by atoms with Crippen molar-refractivity contribution in [3.8, 4) is 0 Å². The van der Waals surface area contributed by atoms with Gasteiger partial charge in [-0.3, -0.25) is 19.7 Å². The van der Waals surface area contributed by atoms with E-state index in [0.717, 1.165) is 11.5 Å². The molecule has 1 aromatic rings. The third kappa shape index (κ3) is 3.38. The van der Waals surface area contributed by atoms with Crippen LogP contribution in [0.1, 0.15) is 39.4 Å². The summed E-state index contributed by atoms with van der Waals surface area (Å²) in [6, 6.07) is 0. The second-order valence-electron chi connectivity index (χ2n) is 5.74. The first-order valence-corrected chi connectivity index (χ1v) is 7.01. The van der Waals surface area contributed by atoms with Crippen LogP contribution in [0.5, 0.6) is 0 Å². The maximum atomic E-state index is 12.0. The number of anilines is 1. The van der Waals surface area contributed by atoms with E-state index in [1.165, 1.54) is 0 Å². The van der Waals surface area contributed by atoms with Crippen molar-refractivity contribution in [1.29, 1.82) is 0 Å². The molecule has 0 spiro atoms. The minimum atomic E-state index is -0.641. The Morgan fingerprint density at radius 2 is 1.90 bits per heavy atom. The summed E-state index contributed by atoms with van der Waals surface area (Å²) in [7, 11) is 0. The number of hydrogen-bond donors (Lipinski definition) is 2. The lowest BCUT2D eigenvalue weighted by Gasteiger charge is -2.19. The first-order valence-electron chi connectivity index (χ1n) is 6.23. The van der Waals surface area contributed by atoms with E-state index in [1.54, 1.807) is 0 Å². The lowest BCUT2D eigenvalue weighted by molar-refractivity contribution is -0.138. The summed E-state index contributed by atoms with van der Waals surface area (Å²) in [6.07, 6.45) is 0.0327. The largest absolute Gasteiger partial charge is 0.300 e. The van der Waals surface area contributed by atoms with E-state index >= 15 is 0 Å². The molecule has 1 fully saturated rings. The predicted molar refractivity (Wildman–Crippen MR) is 73.1 cm³/mol. The number of amides is 3. The highest BCUT2D eigenvalue weighted by molar-refractivity contribution is 7.09. The van der Waals surface area contributed by atoms with Gasteiger partial charge in [0.25, 0.3) is 0 Å². The van der Waals surface area contributed by atoms with Crippen molar-refractivity contribution in [2.75, 3.05) is 5.32 Å². The molecule has 8 heteroatoms. The van der Waals surface area contributed by atoms with Gasteiger partial charge in [-0.25, -0.2) is 4.98 Å². The average Bonchev–Trinajstić information content (AvgIpc) is 2.75. The first kappa shape index (κ1) is 14.6. The van der Waals surface area contributed by atoms with Crippen molar-refractivity contribution in [1.82, 2.24) is 14.7 Å². The molecule has 2 rings (SSSR count). The van der Waals surface area contributed by atoms with Gasteiger partial charge in [-0.05, 0) is 0 Å². The van der Waals surface area contributed by atoms with Gasteiger partial charge in [0.1, 0.15) is 5.82 Å². The minimum absolute atomic E-state index is 0.0164. The molecule has 1 aliphatic rings. The van der Waals surface area contributed by atoms with Gasteiger partial charge < -0.3 is 5.32 Å². The normalized spacial score (nSPS) is 16.9. The van der Waals surface area contributed by atoms with Gasteiger partial charge in [-0.2, -0.15) is 4.37 Å². The standard InChI is InChI=1S/C12H16N4O3S/c1-12(2,3)10-15-11(20-16-10)14-9(19)6-4-7(17)13-8(18)5-6/h6H,4-5H2,1-3H3,(H,13,17,18)(H,14,15,16,19). The number of imide groups is 1. The Morgan fingerprint density at radius 3 is 2.40 bits per heavy atom. The Balaban J connectivity index is 2.03. The van der Waals surface area contributed by atoms with Crippen LogP contribution in [0.25, 0.3) is 0 Å². The van der Waals surface area contributed by atoms with E-state index in [-0.39, 0.29) is 24.2 Å². The van der Waals surface area contributed by atoms with Gasteiger partial charge in [-0.1, -0.05) is 20.8 Å². The molecule has 7 nitrogen and oxygen atoms in total. The van der Waals surface area contributed by atoms with Crippen LogP contribution in [0.2, 0.25) is 0 Å². The van der Waals surface area contributed by atoms with Crippen molar-refractivity contribution >= 4 is 34.4 Å². The highest BCUT2D eigenvalue weighted by Gasteiger charge is 2.31. The molecule has 0 atom stereocenters. The van der Waals surface area contributed by atoms with E-state index in [0.29, 0.717) is 11.0 Å². The zero-order chi connectivity index (χ0) is 14.9. The summed E-state index contributed by atoms with van der Waals surface area (Å²) in [4.78, 5) is 38.7. The Kier molecular flexibility index (Phi) is 3.85. The lowest BCUT2D eigenvalue weighted by atomic mass is 9.96. The van der Waals surface area contributed by atoms with Crippen molar-refractivity contribution < 1.29 is 14.4 Å². The number of rotatable bonds is 2. The zero-order valence-corrected chi connectivity index (χ0v) is 12.3. The molecule has 0 saturated carbocycles. The summed E-state index contributed by atoms with van der Waals surface area (Å²) in [6.45, 7) is 5.93. The molecule has 1 aliphatic heterocycles. The quantitative estimate of drug-likeness (QED) is 0.787. The van der Waals surface area contributed by atoms with Crippen LogP contribution in [-0.4, -0.2) is 27.1 Å². The Hall–Kier alpha value is -1.83. The number of nitrogens with zero attached hydrogens (tertiary/aromatic N) is 2. The molecule has 0 aromatic carbocycles. The smallest absolute Gasteiger partial charge is 0.230 e. The van der Waals surface area contributed by atoms with E-state index < -0.39 is 17.7 Å². The summed E-state index contributed by atoms with van der Waals surface area (Å²) >= 11 is 1.09. The Bertz CT molecular complexity index is 545. The van der Waals surface area contributed by atoms with E-state index in [1.807, 2.05) is 20.8 Å². The molecule has 0 bridgehead atoms. The summed E-state index contributed by atoms with van der Waals surface area (Å²) in [5.41, 5.74) is -0.194. The topological polar surface area (TPSA) is 101 Å². The molecule has 3 amide bonds. The monoisotopic (exact) mass is 296 g/mol. The van der Waals surface area contributed by atoms with Crippen LogP contribution in [-0.2, 0) is 19.8 Å². The van der Waals surface area contributed by atoms with Crippen LogP contribution in [0, 0.1) is 5.92 Å². The molecule has 1 saturated heterocycles. The number of carbonyl (C=O) groups excluding carboxylic acids is 3. The van der Waals surface area contributed by atoms with Crippen LogP contribution >= 0.6 is 11.5 Å². The second kappa shape index (κ2) is 5.28. The van der Waals surface area contributed by atoms with Crippen LogP contribution in [0.3, 0.4) is 0 Å². The molecule has 2 N–H and O–H groups in total. The fourth-order valence-corrected chi connectivity index (χ4v) is 2.51. The van der Waals surface area contributed by atoms with Crippen LogP contribution < -0.4 is 10.6 Å². The molecular formula is C12H16N4O3S. The third-order valence-corrected chi connectivity index (χ3v) is 3.47. The van der Waals surface area contributed by atoms with Gasteiger partial charge in [0.15, 0.2) is 0 Å². The molecule has 1 aromatic heterocycles. The molecule has 20 heavy (non-hydrogen) atoms. The van der Waals surface area contributed by atoms with Gasteiger partial charge in [0, 0.05) is 29.8 Å². The number of aromatic nitrogens is 2. The van der Waals surface area contributed by atoms with Crippen molar-refractivity contribution in [3.05, 3.63) is 5.82 Å². The fourth-order valence-electron chi connectivity index (χ4n) is 1.75. The van der Waals surface area contributed by atoms with Crippen molar-refractivity contribution in [2.45, 2.75) is 39.0 Å². The van der Waals surface area contributed by atoms with E-state index in [9.17, 15) is 14.4 Å². The van der Waals surface area contributed by atoms with Crippen molar-refractivity contribution in [2.24, 2.45) is 5.92 Å². The number of carbonyl (C=O) groups is 3. The van der Waals surface area contributed by atoms with E-state index in [4.69, 9.17) is 0 Å². The summed E-state index contributed by atoms with van der Waals surface area (Å²) in [5, 5.41) is 5.18. The third-order valence-electron chi connectivity index (χ3n) is 2.84. The summed E-state index contributed by atoms with van der Waals surface area (Å²) in [5.74, 6) is -1.21. The lowest BCUT2D eigenvalue weighted by Crippen LogP contribution is -2.42. The van der Waals surface area contributed by atoms with Gasteiger partial charge >= 0.3 is 0 Å². The van der Waals surface area contributed by atoms with Gasteiger partial charge in [0.2, 0.25) is 22.9 Å². The molecule has 0 radical (unpaired) electrons. The predicted octanol–water partition coefficient (Wildman–Crippen LogP) is 0.827. The maximum absolute atomic E-state index is 12.0. The Morgan fingerprint density at radius 1 is 1.30 bits per heavy atom. The highest BCUT2D eigenvalue weighted by atomic mass is 32.1. The van der Waals surface area contributed by atoms with Gasteiger partial charge in [-0.15, -0.1) is 0 Å². The molecule has 0 unspecified atom stereocenters. The fraction of sp³-hybridized carbons (Fsp3) is 0.583. The zero-order valence-electron chi connectivity index (χ0n) is 11.5. The van der Waals surface area contributed by atoms with Crippen LogP contribution in [0.15, 0.2) is 0 Å². The summed E-state index contributed by atoms with van der Waals surface area (Å²) < 4.78 is 4.19. The molecular weight excluding hydrogens is 280 g/mol. The second-order valence-corrected chi connectivity index (χ2v) is 6.49. The SMILES string of the molecule is CC(C)(C)c1nsc(NC(=O)C2CC(=O)NC(=O)C2)n1. The first-order chi connectivity index (χ1) is 9.25. The molecule has 108 valence electrons. The Labute approximate surface area is 120 Å². The number of hydrogen-bond acceptors (Lipinski definition) is 6. The van der Waals surface area contributed by atoms with Gasteiger partial charge in [0.05, 0.1) is 5.92 Å². The van der Waals surface area contributed by atoms with E-state index in [2.05, 4.69) is 20.0 Å². The highest BCUT2D eigenvalue weighted by Crippen LogP contribution is 2.24. The minimum Gasteiger partial charge on any atom is -0.300 e. The number of nitrogens with one attached hydrogen (secondary N) is 2. The average molecular weight is 296 g/mol. The number of piperidine rings is 1. The molecule has 2 heterocycles.